The maximum absolute atomic E-state index is 13.3. The molecule has 2 aromatic rings. The van der Waals surface area contributed by atoms with Crippen LogP contribution in [-0.4, -0.2) is 18.2 Å². The molecule has 1 fully saturated rings. The van der Waals surface area contributed by atoms with Gasteiger partial charge in [0.25, 0.3) is 0 Å². The van der Waals surface area contributed by atoms with Crippen LogP contribution in [0.2, 0.25) is 0 Å². The van der Waals surface area contributed by atoms with Crippen molar-refractivity contribution in [3.05, 3.63) is 66.4 Å². The average Bonchev–Trinajstić information content (AvgIpc) is 2.63. The Morgan fingerprint density at radius 2 is 1.92 bits per heavy atom. The molecule has 0 saturated carbocycles. The molecule has 0 unspecified atom stereocenters. The Bertz CT molecular complexity index is 695. The van der Waals surface area contributed by atoms with E-state index in [-0.39, 0.29) is 0 Å². The van der Waals surface area contributed by atoms with E-state index in [4.69, 9.17) is 9.47 Å². The fourth-order valence-corrected chi connectivity index (χ4v) is 2.63. The number of allylic oxidation sites excluding steroid dienone is 1. The third-order valence-corrected chi connectivity index (χ3v) is 4.02. The van der Waals surface area contributed by atoms with Crippen LogP contribution < -0.4 is 0 Å². The minimum atomic E-state index is -0.886. The van der Waals surface area contributed by atoms with Gasteiger partial charge in [-0.3, -0.25) is 4.98 Å². The molecular formula is C19H19F2NO2. The highest BCUT2D eigenvalue weighted by molar-refractivity contribution is 5.59. The van der Waals surface area contributed by atoms with Gasteiger partial charge in [-0.2, -0.15) is 0 Å². The zero-order valence-electron chi connectivity index (χ0n) is 13.3. The first-order valence-corrected chi connectivity index (χ1v) is 7.93. The maximum Gasteiger partial charge on any atom is 0.185 e. The lowest BCUT2D eigenvalue weighted by atomic mass is 10.0. The highest BCUT2D eigenvalue weighted by atomic mass is 19.2. The molecule has 0 radical (unpaired) electrons. The van der Waals surface area contributed by atoms with E-state index < -0.39 is 17.9 Å². The van der Waals surface area contributed by atoms with E-state index in [1.54, 1.807) is 12.3 Å². The molecule has 0 aliphatic carbocycles. The third kappa shape index (κ3) is 3.86. The zero-order chi connectivity index (χ0) is 16.9. The van der Waals surface area contributed by atoms with Crippen molar-refractivity contribution in [3.8, 4) is 11.3 Å². The fourth-order valence-electron chi connectivity index (χ4n) is 2.63. The zero-order valence-corrected chi connectivity index (χ0v) is 13.3. The van der Waals surface area contributed by atoms with Crippen LogP contribution >= 0.6 is 0 Å². The van der Waals surface area contributed by atoms with Crippen LogP contribution in [0.1, 0.15) is 24.7 Å². The van der Waals surface area contributed by atoms with Gasteiger partial charge in [0.1, 0.15) is 0 Å². The number of benzene rings is 1. The molecule has 0 spiro atoms. The number of hydrogen-bond donors (Lipinski definition) is 0. The molecule has 1 saturated heterocycles. The van der Waals surface area contributed by atoms with Crippen LogP contribution in [-0.2, 0) is 9.47 Å². The van der Waals surface area contributed by atoms with E-state index in [2.05, 4.69) is 11.6 Å². The highest BCUT2D eigenvalue weighted by Crippen LogP contribution is 2.28. The van der Waals surface area contributed by atoms with Crippen molar-refractivity contribution < 1.29 is 18.3 Å². The topological polar surface area (TPSA) is 31.4 Å². The summed E-state index contributed by atoms with van der Waals surface area (Å²) in [6, 6.07) is 7.31. The molecule has 1 aromatic heterocycles. The second kappa shape index (κ2) is 7.64. The molecular weight excluding hydrogens is 312 g/mol. The molecule has 1 aromatic carbocycles. The fraction of sp³-hybridized carbons (Fsp3) is 0.316. The summed E-state index contributed by atoms with van der Waals surface area (Å²) in [5.41, 5.74) is 1.90. The summed E-state index contributed by atoms with van der Waals surface area (Å²) in [5, 5.41) is 0. The molecule has 1 aliphatic heterocycles. The van der Waals surface area contributed by atoms with Crippen LogP contribution in [0.5, 0.6) is 0 Å². The predicted octanol–water partition coefficient (Wildman–Crippen LogP) is 4.65. The minimum Gasteiger partial charge on any atom is -0.348 e. The van der Waals surface area contributed by atoms with Gasteiger partial charge in [0, 0.05) is 23.2 Å². The van der Waals surface area contributed by atoms with E-state index in [1.165, 1.54) is 6.07 Å². The van der Waals surface area contributed by atoms with Crippen molar-refractivity contribution in [3.63, 3.8) is 0 Å². The Morgan fingerprint density at radius 3 is 2.54 bits per heavy atom. The van der Waals surface area contributed by atoms with E-state index >= 15 is 0 Å². The Labute approximate surface area is 139 Å². The number of aromatic nitrogens is 1. The van der Waals surface area contributed by atoms with Crippen molar-refractivity contribution in [2.75, 3.05) is 13.2 Å². The number of nitrogens with zero attached hydrogens (tertiary/aromatic N) is 1. The molecule has 0 atom stereocenters. The van der Waals surface area contributed by atoms with Crippen molar-refractivity contribution >= 4 is 0 Å². The molecule has 2 heterocycles. The maximum atomic E-state index is 13.3. The van der Waals surface area contributed by atoms with E-state index in [0.717, 1.165) is 30.5 Å². The second-order valence-corrected chi connectivity index (χ2v) is 5.84. The van der Waals surface area contributed by atoms with E-state index in [0.29, 0.717) is 30.4 Å². The van der Waals surface area contributed by atoms with Gasteiger partial charge >= 0.3 is 0 Å². The van der Waals surface area contributed by atoms with Crippen LogP contribution in [0.15, 0.2) is 49.2 Å². The molecule has 1 aliphatic rings. The van der Waals surface area contributed by atoms with Crippen LogP contribution in [0.3, 0.4) is 0 Å². The summed E-state index contributed by atoms with van der Waals surface area (Å²) in [4.78, 5) is 4.30. The van der Waals surface area contributed by atoms with E-state index in [9.17, 15) is 8.78 Å². The van der Waals surface area contributed by atoms with Gasteiger partial charge in [0.15, 0.2) is 17.9 Å². The summed E-state index contributed by atoms with van der Waals surface area (Å²) in [6.45, 7) is 5.00. The molecule has 0 bridgehead atoms. The lowest BCUT2D eigenvalue weighted by Crippen LogP contribution is -2.27. The standard InChI is InChI=1S/C19H19F2NO2/c1-2-3-4-13-11-23-19(24-12-13)15-6-8-18(22-10-15)14-5-7-16(20)17(21)9-14/h2,5-10,13,19H,1,3-4,11-12H2. The monoisotopic (exact) mass is 331 g/mol. The van der Waals surface area contributed by atoms with Gasteiger partial charge in [0.2, 0.25) is 0 Å². The number of hydrogen-bond acceptors (Lipinski definition) is 3. The molecule has 3 rings (SSSR count). The van der Waals surface area contributed by atoms with Gasteiger partial charge in [-0.05, 0) is 37.1 Å². The number of pyridine rings is 1. The first-order valence-electron chi connectivity index (χ1n) is 7.93. The molecule has 5 heteroatoms. The van der Waals surface area contributed by atoms with Crippen LogP contribution in [0.25, 0.3) is 11.3 Å². The van der Waals surface area contributed by atoms with E-state index in [1.807, 2.05) is 12.1 Å². The number of rotatable bonds is 5. The summed E-state index contributed by atoms with van der Waals surface area (Å²) in [6.07, 6.45) is 5.06. The lowest BCUT2D eigenvalue weighted by Gasteiger charge is -2.29. The van der Waals surface area contributed by atoms with Gasteiger partial charge < -0.3 is 9.47 Å². The minimum absolute atomic E-state index is 0.383. The van der Waals surface area contributed by atoms with Gasteiger partial charge in [-0.25, -0.2) is 8.78 Å². The Hall–Kier alpha value is -2.11. The predicted molar refractivity (Wildman–Crippen MR) is 87.2 cm³/mol. The van der Waals surface area contributed by atoms with Crippen LogP contribution in [0, 0.1) is 17.6 Å². The normalized spacial score (nSPS) is 20.8. The third-order valence-electron chi connectivity index (χ3n) is 4.02. The summed E-state index contributed by atoms with van der Waals surface area (Å²) < 4.78 is 37.8. The number of ether oxygens (including phenoxy) is 2. The Balaban J connectivity index is 1.65. The second-order valence-electron chi connectivity index (χ2n) is 5.84. The van der Waals surface area contributed by atoms with Crippen molar-refractivity contribution in [2.24, 2.45) is 5.92 Å². The first-order chi connectivity index (χ1) is 11.7. The highest BCUT2D eigenvalue weighted by Gasteiger charge is 2.23. The molecule has 126 valence electrons. The Kier molecular flexibility index (Phi) is 5.33. The van der Waals surface area contributed by atoms with Gasteiger partial charge in [0.05, 0.1) is 18.9 Å². The molecule has 0 N–H and O–H groups in total. The van der Waals surface area contributed by atoms with Crippen LogP contribution in [0.4, 0.5) is 8.78 Å². The molecule has 0 amide bonds. The summed E-state index contributed by atoms with van der Waals surface area (Å²) in [7, 11) is 0. The van der Waals surface area contributed by atoms with Crippen molar-refractivity contribution in [1.82, 2.24) is 4.98 Å². The molecule has 24 heavy (non-hydrogen) atoms. The van der Waals surface area contributed by atoms with Gasteiger partial charge in [-0.15, -0.1) is 6.58 Å². The quantitative estimate of drug-likeness (QED) is 0.747. The summed E-state index contributed by atoms with van der Waals surface area (Å²) >= 11 is 0. The first kappa shape index (κ1) is 16.7. The lowest BCUT2D eigenvalue weighted by molar-refractivity contribution is -0.205. The number of halogens is 2. The average molecular weight is 331 g/mol. The summed E-state index contributed by atoms with van der Waals surface area (Å²) in [5.74, 6) is -1.37. The molecule has 3 nitrogen and oxygen atoms in total. The van der Waals surface area contributed by atoms with Crippen molar-refractivity contribution in [1.29, 1.82) is 0 Å². The largest absolute Gasteiger partial charge is 0.348 e. The SMILES string of the molecule is C=CCCC1COC(c2ccc(-c3ccc(F)c(F)c3)nc2)OC1. The smallest absolute Gasteiger partial charge is 0.185 e. The Morgan fingerprint density at radius 1 is 1.12 bits per heavy atom. The van der Waals surface area contributed by atoms with Crippen molar-refractivity contribution in [2.45, 2.75) is 19.1 Å². The van der Waals surface area contributed by atoms with Gasteiger partial charge in [-0.1, -0.05) is 12.1 Å².